The largest absolute Gasteiger partial charge is 0.480 e. The van der Waals surface area contributed by atoms with E-state index in [2.05, 4.69) is 10.6 Å². The van der Waals surface area contributed by atoms with Gasteiger partial charge in [-0.25, -0.2) is 0 Å². The molecule has 0 spiro atoms. The van der Waals surface area contributed by atoms with Crippen molar-refractivity contribution < 1.29 is 42.7 Å². The Morgan fingerprint density at radius 1 is 0.886 bits per heavy atom. The molecule has 0 aliphatic carbocycles. The van der Waals surface area contributed by atoms with Crippen LogP contribution in [0.15, 0.2) is 30.3 Å². The zero-order chi connectivity index (χ0) is 26.8. The van der Waals surface area contributed by atoms with Crippen molar-refractivity contribution in [1.82, 2.24) is 21.3 Å². The summed E-state index contributed by atoms with van der Waals surface area (Å²) in [4.78, 5) is 70.5. The molecule has 1 rings (SSSR count). The Bertz CT molecular complexity index is 954. The lowest BCUT2D eigenvalue weighted by molar-refractivity contribution is -0.161. The van der Waals surface area contributed by atoms with Crippen LogP contribution in [0.25, 0.3) is 0 Å². The van der Waals surface area contributed by atoms with Gasteiger partial charge in [0, 0.05) is 0 Å². The van der Waals surface area contributed by atoms with Crippen molar-refractivity contribution in [2.45, 2.75) is 45.2 Å². The van der Waals surface area contributed by atoms with Gasteiger partial charge in [0.1, 0.15) is 12.6 Å². The van der Waals surface area contributed by atoms with E-state index in [1.165, 1.54) is 5.32 Å². The molecule has 0 saturated heterocycles. The second kappa shape index (κ2) is 13.1. The number of ketones is 1. The number of hydrogen-bond donors (Lipinski definition) is 5. The van der Waals surface area contributed by atoms with E-state index in [1.807, 2.05) is 5.32 Å². The zero-order valence-corrected chi connectivity index (χ0v) is 19.4. The Kier molecular flexibility index (Phi) is 10.9. The maximum absolute atomic E-state index is 13.9. The fraction of sp³-hybridized carbons (Fsp3) is 0.455. The second-order valence-electron chi connectivity index (χ2n) is 7.97. The summed E-state index contributed by atoms with van der Waals surface area (Å²) < 4.78 is 27.9. The topological polar surface area (TPSA) is 171 Å². The molecule has 13 heteroatoms. The van der Waals surface area contributed by atoms with Crippen LogP contribution in [0.2, 0.25) is 0 Å². The molecule has 11 nitrogen and oxygen atoms in total. The van der Waals surface area contributed by atoms with Crippen LogP contribution in [-0.2, 0) is 35.2 Å². The van der Waals surface area contributed by atoms with E-state index in [0.717, 1.165) is 12.5 Å². The number of carbonyl (C=O) groups is 6. The molecule has 2 atom stereocenters. The number of hydrogen-bond acceptors (Lipinski definition) is 6. The van der Waals surface area contributed by atoms with Crippen LogP contribution in [0.3, 0.4) is 0 Å². The number of alkyl halides is 2. The fourth-order valence-electron chi connectivity index (χ4n) is 2.83. The van der Waals surface area contributed by atoms with Crippen molar-refractivity contribution >= 4 is 35.4 Å². The minimum Gasteiger partial charge on any atom is -0.480 e. The average Bonchev–Trinajstić information content (AvgIpc) is 2.79. The van der Waals surface area contributed by atoms with Crippen LogP contribution >= 0.6 is 0 Å². The zero-order valence-electron chi connectivity index (χ0n) is 19.4. The van der Waals surface area contributed by atoms with E-state index >= 15 is 0 Å². The molecule has 4 amide bonds. The minimum atomic E-state index is -4.59. The maximum Gasteiger partial charge on any atom is 0.383 e. The van der Waals surface area contributed by atoms with E-state index in [-0.39, 0.29) is 12.3 Å². The van der Waals surface area contributed by atoms with Gasteiger partial charge in [-0.1, -0.05) is 44.2 Å². The number of carboxylic acids is 1. The third-order valence-corrected chi connectivity index (χ3v) is 4.66. The third kappa shape index (κ3) is 9.47. The van der Waals surface area contributed by atoms with Crippen molar-refractivity contribution in [3.63, 3.8) is 0 Å². The van der Waals surface area contributed by atoms with Gasteiger partial charge in [0.25, 0.3) is 5.91 Å². The van der Waals surface area contributed by atoms with Crippen molar-refractivity contribution in [2.75, 3.05) is 13.1 Å². The summed E-state index contributed by atoms with van der Waals surface area (Å²) in [6.07, 6.45) is 0.0334. The number of Topliss-reactive ketones (excluding diaryl/α,β-unsaturated/α-hetero) is 1. The first-order chi connectivity index (χ1) is 16.2. The molecule has 5 N–H and O–H groups in total. The first-order valence-corrected chi connectivity index (χ1v) is 10.6. The van der Waals surface area contributed by atoms with Crippen molar-refractivity contribution in [3.8, 4) is 0 Å². The van der Waals surface area contributed by atoms with Gasteiger partial charge >= 0.3 is 11.9 Å². The van der Waals surface area contributed by atoms with Crippen LogP contribution in [-0.4, -0.2) is 71.6 Å². The number of nitrogens with one attached hydrogen (secondary N) is 4. The van der Waals surface area contributed by atoms with Crippen LogP contribution in [0.4, 0.5) is 8.78 Å². The van der Waals surface area contributed by atoms with E-state index in [1.54, 1.807) is 44.2 Å². The summed E-state index contributed by atoms with van der Waals surface area (Å²) in [5.41, 5.74) is 0.736. The number of rotatable bonds is 13. The summed E-state index contributed by atoms with van der Waals surface area (Å²) in [5, 5.41) is 16.6. The van der Waals surface area contributed by atoms with Crippen LogP contribution in [0.1, 0.15) is 26.3 Å². The highest BCUT2D eigenvalue weighted by atomic mass is 19.3. The second-order valence-corrected chi connectivity index (χ2v) is 7.97. The fourth-order valence-corrected chi connectivity index (χ4v) is 2.83. The van der Waals surface area contributed by atoms with Gasteiger partial charge in [-0.3, -0.25) is 28.8 Å². The molecule has 35 heavy (non-hydrogen) atoms. The van der Waals surface area contributed by atoms with E-state index in [0.29, 0.717) is 0 Å². The molecule has 0 unspecified atom stereocenters. The molecule has 0 bridgehead atoms. The van der Waals surface area contributed by atoms with E-state index < -0.39 is 66.5 Å². The predicted molar refractivity (Wildman–Crippen MR) is 118 cm³/mol. The van der Waals surface area contributed by atoms with Crippen molar-refractivity contribution in [2.24, 2.45) is 5.92 Å². The first kappa shape index (κ1) is 29.1. The van der Waals surface area contributed by atoms with Crippen LogP contribution in [0, 0.1) is 5.92 Å². The Balaban J connectivity index is 2.61. The van der Waals surface area contributed by atoms with Gasteiger partial charge in [0.05, 0.1) is 19.0 Å². The number of aliphatic carboxylic acids is 1. The van der Waals surface area contributed by atoms with Gasteiger partial charge in [-0.2, -0.15) is 8.78 Å². The maximum atomic E-state index is 13.9. The minimum absolute atomic E-state index is 0.0334. The number of carboxylic acid groups (broad SMARTS) is 1. The molecule has 0 saturated carbocycles. The molecular weight excluding hydrogens is 470 g/mol. The number of amides is 4. The summed E-state index contributed by atoms with van der Waals surface area (Å²) in [6, 6.07) is 6.00. The Morgan fingerprint density at radius 2 is 1.49 bits per heavy atom. The van der Waals surface area contributed by atoms with Gasteiger partial charge in [0.2, 0.25) is 23.5 Å². The standard InChI is InChI=1S/C22H28F2N4O7/c1-12(2)18(28-15(29)9-14-7-5-4-6-8-14)20(34)25-10-16(30)27-13(3)19(33)22(23,24)21(35)26-11-17(31)32/h4-8,12-13,18H,9-11H2,1-3H3,(H,25,34)(H,26,35)(H,27,30)(H,28,29)(H,31,32)/t13-,18-/m0/s1. The molecule has 192 valence electrons. The quantitative estimate of drug-likeness (QED) is 0.226. The number of benzene rings is 1. The highest BCUT2D eigenvalue weighted by Gasteiger charge is 2.49. The first-order valence-electron chi connectivity index (χ1n) is 10.6. The van der Waals surface area contributed by atoms with Crippen LogP contribution in [0.5, 0.6) is 0 Å². The summed E-state index contributed by atoms with van der Waals surface area (Å²) in [5.74, 6) is -12.7. The van der Waals surface area contributed by atoms with Crippen LogP contribution < -0.4 is 21.3 Å². The molecule has 0 radical (unpaired) electrons. The molecule has 0 fully saturated rings. The monoisotopic (exact) mass is 498 g/mol. The lowest BCUT2D eigenvalue weighted by Gasteiger charge is -2.22. The number of carbonyl (C=O) groups excluding carboxylic acids is 5. The SMILES string of the molecule is CC(C)[C@H](NC(=O)Cc1ccccc1)C(=O)NCC(=O)N[C@@H](C)C(=O)C(F)(F)C(=O)NCC(=O)O. The molecule has 0 heterocycles. The average molecular weight is 498 g/mol. The van der Waals surface area contributed by atoms with Gasteiger partial charge in [-0.15, -0.1) is 0 Å². The van der Waals surface area contributed by atoms with Gasteiger partial charge in [-0.05, 0) is 18.4 Å². The number of halogens is 2. The third-order valence-electron chi connectivity index (χ3n) is 4.66. The molecule has 0 aliphatic rings. The molecule has 0 aliphatic heterocycles. The summed E-state index contributed by atoms with van der Waals surface area (Å²) in [6.45, 7) is 2.44. The van der Waals surface area contributed by atoms with Crippen molar-refractivity contribution in [3.05, 3.63) is 35.9 Å². The summed E-state index contributed by atoms with van der Waals surface area (Å²) >= 11 is 0. The van der Waals surface area contributed by atoms with Crippen molar-refractivity contribution in [1.29, 1.82) is 0 Å². The Hall–Kier alpha value is -3.90. The molecule has 1 aromatic rings. The highest BCUT2D eigenvalue weighted by molar-refractivity contribution is 6.10. The summed E-state index contributed by atoms with van der Waals surface area (Å²) in [7, 11) is 0. The van der Waals surface area contributed by atoms with Gasteiger partial charge in [0.15, 0.2) is 0 Å². The normalized spacial score (nSPS) is 12.7. The Morgan fingerprint density at radius 3 is 2.03 bits per heavy atom. The highest BCUT2D eigenvalue weighted by Crippen LogP contribution is 2.17. The molecule has 0 aromatic heterocycles. The molecular formula is C22H28F2N4O7. The predicted octanol–water partition coefficient (Wildman–Crippen LogP) is -0.604. The van der Waals surface area contributed by atoms with E-state index in [9.17, 15) is 37.5 Å². The van der Waals surface area contributed by atoms with E-state index in [4.69, 9.17) is 5.11 Å². The Labute approximate surface area is 200 Å². The lowest BCUT2D eigenvalue weighted by Crippen LogP contribution is -2.56. The molecule has 1 aromatic carbocycles. The smallest absolute Gasteiger partial charge is 0.383 e. The lowest BCUT2D eigenvalue weighted by atomic mass is 10.0. The van der Waals surface area contributed by atoms with Gasteiger partial charge < -0.3 is 26.4 Å².